The number of fused-ring (bicyclic) bond motifs is 3. The van der Waals surface area contributed by atoms with E-state index in [2.05, 4.69) is 72.8 Å². The van der Waals surface area contributed by atoms with Gasteiger partial charge in [0, 0.05) is 0 Å². The topological polar surface area (TPSA) is 102 Å². The van der Waals surface area contributed by atoms with Crippen molar-refractivity contribution in [1.82, 2.24) is 0 Å². The average molecular weight is 639 g/mol. The summed E-state index contributed by atoms with van der Waals surface area (Å²) in [6, 6.07) is 29.9. The van der Waals surface area contributed by atoms with Crippen molar-refractivity contribution in [3.63, 3.8) is 0 Å². The quantitative estimate of drug-likeness (QED) is 0.146. The Bertz CT molecular complexity index is 1570. The fourth-order valence-electron chi connectivity index (χ4n) is 6.58. The number of ether oxygens (including phenoxy) is 6. The monoisotopic (exact) mass is 638 g/mol. The summed E-state index contributed by atoms with van der Waals surface area (Å²) >= 11 is 0. The second-order valence-electron chi connectivity index (χ2n) is 12.7. The first kappa shape index (κ1) is 31.8. The third-order valence-electron chi connectivity index (χ3n) is 9.06. The molecule has 0 bridgehead atoms. The highest BCUT2D eigenvalue weighted by molar-refractivity contribution is 5.86. The van der Waals surface area contributed by atoms with Gasteiger partial charge in [-0.15, -0.1) is 0 Å². The van der Waals surface area contributed by atoms with Crippen molar-refractivity contribution in [1.29, 1.82) is 0 Å². The van der Waals surface area contributed by atoms with Gasteiger partial charge in [0.2, 0.25) is 0 Å². The van der Waals surface area contributed by atoms with Crippen LogP contribution >= 0.6 is 0 Å². The fourth-order valence-corrected chi connectivity index (χ4v) is 6.58. The number of rotatable bonds is 16. The number of epoxide rings is 2. The zero-order chi connectivity index (χ0) is 32.4. The molecular formula is C39H42O8. The van der Waals surface area contributed by atoms with Crippen LogP contribution in [0, 0.1) is 13.8 Å². The fraction of sp³-hybridized carbons (Fsp3) is 0.385. The van der Waals surface area contributed by atoms with Crippen molar-refractivity contribution in [3.05, 3.63) is 118 Å². The molecule has 2 N–H and O–H groups in total. The lowest BCUT2D eigenvalue weighted by molar-refractivity contribution is 0.00748. The predicted octanol–water partition coefficient (Wildman–Crippen LogP) is 4.98. The van der Waals surface area contributed by atoms with E-state index in [1.54, 1.807) is 0 Å². The summed E-state index contributed by atoms with van der Waals surface area (Å²) in [6.07, 6.45) is -1.15. The highest BCUT2D eigenvalue weighted by Gasteiger charge is 2.46. The van der Waals surface area contributed by atoms with Gasteiger partial charge in [0.15, 0.2) is 0 Å². The van der Waals surface area contributed by atoms with Crippen LogP contribution in [0.25, 0.3) is 11.1 Å². The van der Waals surface area contributed by atoms with Gasteiger partial charge in [0.25, 0.3) is 0 Å². The molecule has 47 heavy (non-hydrogen) atoms. The molecule has 4 aromatic carbocycles. The van der Waals surface area contributed by atoms with Crippen molar-refractivity contribution >= 4 is 0 Å². The highest BCUT2D eigenvalue weighted by Crippen LogP contribution is 2.56. The summed E-state index contributed by atoms with van der Waals surface area (Å²) in [4.78, 5) is 0. The smallest absolute Gasteiger partial charge is 0.122 e. The van der Waals surface area contributed by atoms with Crippen LogP contribution < -0.4 is 9.47 Å². The van der Waals surface area contributed by atoms with Crippen LogP contribution in [0.15, 0.2) is 84.9 Å². The van der Waals surface area contributed by atoms with Gasteiger partial charge in [-0.25, -0.2) is 0 Å². The van der Waals surface area contributed by atoms with Gasteiger partial charge in [-0.2, -0.15) is 0 Å². The van der Waals surface area contributed by atoms with Gasteiger partial charge in [0.1, 0.15) is 49.1 Å². The molecule has 8 nitrogen and oxygen atoms in total. The van der Waals surface area contributed by atoms with E-state index in [1.807, 2.05) is 26.0 Å². The molecule has 246 valence electrons. The summed E-state index contributed by atoms with van der Waals surface area (Å²) < 4.78 is 33.5. The van der Waals surface area contributed by atoms with Gasteiger partial charge in [-0.05, 0) is 70.5 Å². The van der Waals surface area contributed by atoms with E-state index < -0.39 is 17.6 Å². The maximum atomic E-state index is 10.4. The second-order valence-corrected chi connectivity index (χ2v) is 12.7. The third-order valence-corrected chi connectivity index (χ3v) is 9.06. The van der Waals surface area contributed by atoms with Gasteiger partial charge in [-0.1, -0.05) is 72.8 Å². The summed E-state index contributed by atoms with van der Waals surface area (Å²) in [7, 11) is 0. The van der Waals surface area contributed by atoms with E-state index in [4.69, 9.17) is 28.4 Å². The second kappa shape index (κ2) is 13.8. The zero-order valence-corrected chi connectivity index (χ0v) is 26.9. The van der Waals surface area contributed by atoms with E-state index >= 15 is 0 Å². The first-order valence-electron chi connectivity index (χ1n) is 16.4. The molecule has 7 rings (SSSR count). The average Bonchev–Trinajstić information content (AvgIpc) is 4.02. The molecule has 2 heterocycles. The summed E-state index contributed by atoms with van der Waals surface area (Å²) in [5, 5.41) is 20.8. The Hall–Kier alpha value is -3.76. The van der Waals surface area contributed by atoms with Crippen molar-refractivity contribution in [2.24, 2.45) is 0 Å². The standard InChI is InChI=1S/C39H42O8/c1-25-15-27(11-13-37(25)46-19-29(40)17-42-21-31-23-44-31)39(35-9-5-3-7-33(35)34-8-4-6-10-36(34)39)28-12-14-38(26(2)16-28)47-20-30(41)18-43-22-32-24-45-32/h3-16,29-32,40-41H,17-24H2,1-2H3. The first-order valence-corrected chi connectivity index (χ1v) is 16.4. The maximum absolute atomic E-state index is 10.4. The molecule has 2 aliphatic heterocycles. The first-order chi connectivity index (χ1) is 22.9. The minimum atomic E-state index is -0.734. The summed E-state index contributed by atoms with van der Waals surface area (Å²) in [5.74, 6) is 1.44. The van der Waals surface area contributed by atoms with Gasteiger partial charge in [-0.3, -0.25) is 0 Å². The maximum Gasteiger partial charge on any atom is 0.122 e. The molecule has 0 aromatic heterocycles. The third kappa shape index (κ3) is 6.81. The largest absolute Gasteiger partial charge is 0.491 e. The number of benzene rings is 4. The molecular weight excluding hydrogens is 596 g/mol. The SMILES string of the molecule is Cc1cc(C2(c3ccc(OCC(O)COCC4CO4)c(C)c3)c3ccccc3-c3ccccc32)ccc1OCC(O)COCC1CO1. The van der Waals surface area contributed by atoms with Crippen molar-refractivity contribution in [3.8, 4) is 22.6 Å². The Morgan fingerprint density at radius 2 is 1.06 bits per heavy atom. The molecule has 0 spiro atoms. The van der Waals surface area contributed by atoms with E-state index in [1.165, 1.54) is 22.3 Å². The Morgan fingerprint density at radius 1 is 0.638 bits per heavy atom. The van der Waals surface area contributed by atoms with Gasteiger partial charge < -0.3 is 38.6 Å². The van der Waals surface area contributed by atoms with Crippen LogP contribution in [-0.4, -0.2) is 87.5 Å². The Kier molecular flexibility index (Phi) is 9.32. The van der Waals surface area contributed by atoms with Crippen LogP contribution in [0.3, 0.4) is 0 Å². The molecule has 0 radical (unpaired) electrons. The molecule has 2 saturated heterocycles. The van der Waals surface area contributed by atoms with Crippen LogP contribution in [0.5, 0.6) is 11.5 Å². The summed E-state index contributed by atoms with van der Waals surface area (Å²) in [5.41, 5.74) is 8.44. The molecule has 0 amide bonds. The van der Waals surface area contributed by atoms with Gasteiger partial charge >= 0.3 is 0 Å². The van der Waals surface area contributed by atoms with Crippen LogP contribution in [0.2, 0.25) is 0 Å². The van der Waals surface area contributed by atoms with E-state index in [0.717, 1.165) is 47.0 Å². The number of aliphatic hydroxyl groups excluding tert-OH is 2. The van der Waals surface area contributed by atoms with E-state index in [9.17, 15) is 10.2 Å². The molecule has 1 aliphatic carbocycles. The molecule has 2 fully saturated rings. The molecule has 4 aromatic rings. The Balaban J connectivity index is 1.18. The molecule has 0 saturated carbocycles. The van der Waals surface area contributed by atoms with Crippen molar-refractivity contribution in [2.75, 3.05) is 52.9 Å². The lowest BCUT2D eigenvalue weighted by Crippen LogP contribution is -2.29. The highest BCUT2D eigenvalue weighted by atomic mass is 16.6. The lowest BCUT2D eigenvalue weighted by Gasteiger charge is -2.34. The molecule has 4 unspecified atom stereocenters. The molecule has 8 heteroatoms. The number of aryl methyl sites for hydroxylation is 2. The Labute approximate surface area is 275 Å². The number of hydrogen-bond acceptors (Lipinski definition) is 8. The van der Waals surface area contributed by atoms with E-state index in [-0.39, 0.29) is 38.6 Å². The normalized spacial score (nSPS) is 19.8. The Morgan fingerprint density at radius 3 is 1.47 bits per heavy atom. The number of aliphatic hydroxyl groups is 2. The zero-order valence-electron chi connectivity index (χ0n) is 26.9. The minimum Gasteiger partial charge on any atom is -0.491 e. The minimum absolute atomic E-state index is 0.138. The van der Waals surface area contributed by atoms with Gasteiger partial charge in [0.05, 0.1) is 45.1 Å². The molecule has 4 atom stereocenters. The van der Waals surface area contributed by atoms with Crippen LogP contribution in [0.4, 0.5) is 0 Å². The van der Waals surface area contributed by atoms with E-state index in [0.29, 0.717) is 13.2 Å². The number of hydrogen-bond donors (Lipinski definition) is 2. The van der Waals surface area contributed by atoms with Crippen LogP contribution in [0.1, 0.15) is 33.4 Å². The summed E-state index contributed by atoms with van der Waals surface area (Å²) in [6.45, 7) is 7.21. The van der Waals surface area contributed by atoms with Crippen molar-refractivity contribution in [2.45, 2.75) is 43.7 Å². The molecule has 3 aliphatic rings. The lowest BCUT2D eigenvalue weighted by atomic mass is 9.67. The predicted molar refractivity (Wildman–Crippen MR) is 177 cm³/mol. The van der Waals surface area contributed by atoms with Crippen molar-refractivity contribution < 1.29 is 38.6 Å². The van der Waals surface area contributed by atoms with Crippen LogP contribution in [-0.2, 0) is 24.4 Å².